The second kappa shape index (κ2) is 6.74. The third-order valence-corrected chi connectivity index (χ3v) is 5.17. The summed E-state index contributed by atoms with van der Waals surface area (Å²) in [4.78, 5) is 40.4. The summed E-state index contributed by atoms with van der Waals surface area (Å²) in [5.74, 6) is -0.155. The number of para-hydroxylation sites is 2. The first-order valence-electron chi connectivity index (χ1n) is 8.52. The number of carbonyl (C=O) groups excluding carboxylic acids is 3. The summed E-state index contributed by atoms with van der Waals surface area (Å²) in [6, 6.07) is 6.60. The molecule has 0 radical (unpaired) electrons. The Morgan fingerprint density at radius 1 is 1.20 bits per heavy atom. The van der Waals surface area contributed by atoms with Crippen molar-refractivity contribution >= 4 is 23.5 Å². The number of urea groups is 1. The number of carbonyl (C=O) groups is 3. The van der Waals surface area contributed by atoms with E-state index in [2.05, 4.69) is 5.32 Å². The number of nitrogens with one attached hydrogen (secondary N) is 1. The number of nitrogens with zero attached hydrogens (tertiary/aromatic N) is 2. The third-order valence-electron chi connectivity index (χ3n) is 5.17. The molecule has 7 nitrogen and oxygen atoms in total. The molecule has 2 aliphatic rings. The van der Waals surface area contributed by atoms with E-state index in [0.29, 0.717) is 24.3 Å². The van der Waals surface area contributed by atoms with Gasteiger partial charge in [0.15, 0.2) is 0 Å². The first kappa shape index (κ1) is 17.3. The first-order valence-corrected chi connectivity index (χ1v) is 8.52. The predicted octanol–water partition coefficient (Wildman–Crippen LogP) is 2.23. The highest BCUT2D eigenvalue weighted by molar-refractivity contribution is 6.10. The number of likely N-dealkylation sites (N-methyl/N-ethyl adjacent to an activating group) is 1. The Bertz CT molecular complexity index is 697. The molecule has 1 aliphatic heterocycles. The van der Waals surface area contributed by atoms with Crippen LogP contribution in [0.15, 0.2) is 24.3 Å². The summed E-state index contributed by atoms with van der Waals surface area (Å²) in [7, 11) is 3.17. The van der Waals surface area contributed by atoms with Gasteiger partial charge in [0.25, 0.3) is 5.91 Å². The molecule has 1 saturated heterocycles. The lowest BCUT2D eigenvalue weighted by molar-refractivity contribution is -0.136. The highest BCUT2D eigenvalue weighted by Gasteiger charge is 2.55. The third kappa shape index (κ3) is 2.94. The number of imide groups is 1. The summed E-state index contributed by atoms with van der Waals surface area (Å²) in [6.07, 6.45) is 4.25. The molecular formula is C18H23N3O4. The van der Waals surface area contributed by atoms with E-state index in [0.717, 1.165) is 24.2 Å². The van der Waals surface area contributed by atoms with Crippen LogP contribution in [0.2, 0.25) is 0 Å². The number of rotatable bonds is 4. The predicted molar refractivity (Wildman–Crippen MR) is 92.3 cm³/mol. The molecule has 4 amide bonds. The van der Waals surface area contributed by atoms with Gasteiger partial charge in [0.2, 0.25) is 5.91 Å². The minimum atomic E-state index is -0.764. The first-order chi connectivity index (χ1) is 12.0. The molecule has 0 atom stereocenters. The Hall–Kier alpha value is -2.57. The standard InChI is InChI=1S/C18H23N3O4/c1-20-17(24)21(16(23)18(20)10-6-3-7-11-18)12-15(22)19-13-8-4-5-9-14(13)25-2/h4-5,8-9H,3,6-7,10-12H2,1-2H3,(H,19,22). The summed E-state index contributed by atoms with van der Waals surface area (Å²) >= 11 is 0. The fourth-order valence-corrected chi connectivity index (χ4v) is 3.75. The lowest BCUT2D eigenvalue weighted by atomic mass is 9.81. The van der Waals surface area contributed by atoms with Crippen LogP contribution in [0.25, 0.3) is 0 Å². The molecule has 0 bridgehead atoms. The van der Waals surface area contributed by atoms with Crippen molar-refractivity contribution < 1.29 is 19.1 Å². The van der Waals surface area contributed by atoms with E-state index in [1.807, 2.05) is 0 Å². The molecule has 0 aromatic heterocycles. The fraction of sp³-hybridized carbons (Fsp3) is 0.500. The van der Waals surface area contributed by atoms with Gasteiger partial charge >= 0.3 is 6.03 Å². The second-order valence-electron chi connectivity index (χ2n) is 6.57. The van der Waals surface area contributed by atoms with E-state index in [4.69, 9.17) is 4.74 Å². The normalized spacial score (nSPS) is 19.4. The molecule has 0 unspecified atom stereocenters. The number of ether oxygens (including phenoxy) is 1. The highest BCUT2D eigenvalue weighted by Crippen LogP contribution is 2.39. The van der Waals surface area contributed by atoms with Crippen molar-refractivity contribution in [2.24, 2.45) is 0 Å². The van der Waals surface area contributed by atoms with Gasteiger partial charge in [-0.1, -0.05) is 31.4 Å². The molecule has 1 aliphatic carbocycles. The summed E-state index contributed by atoms with van der Waals surface area (Å²) in [5, 5.41) is 2.71. The number of methoxy groups -OCH3 is 1. The quantitative estimate of drug-likeness (QED) is 0.849. The van der Waals surface area contributed by atoms with Gasteiger partial charge in [0, 0.05) is 7.05 Å². The Morgan fingerprint density at radius 3 is 2.56 bits per heavy atom. The van der Waals surface area contributed by atoms with Crippen molar-refractivity contribution in [1.82, 2.24) is 9.80 Å². The molecule has 7 heteroatoms. The van der Waals surface area contributed by atoms with E-state index in [1.165, 1.54) is 12.0 Å². The molecule has 1 aromatic rings. The van der Waals surface area contributed by atoms with Crippen LogP contribution in [-0.4, -0.2) is 53.9 Å². The Morgan fingerprint density at radius 2 is 1.88 bits per heavy atom. The largest absolute Gasteiger partial charge is 0.495 e. The van der Waals surface area contributed by atoms with Crippen molar-refractivity contribution in [3.05, 3.63) is 24.3 Å². The maximum absolute atomic E-state index is 12.9. The number of hydrogen-bond donors (Lipinski definition) is 1. The Labute approximate surface area is 146 Å². The average Bonchev–Trinajstić information content (AvgIpc) is 2.79. The lowest BCUT2D eigenvalue weighted by Crippen LogP contribution is -2.49. The zero-order valence-electron chi connectivity index (χ0n) is 14.6. The molecule has 1 saturated carbocycles. The van der Waals surface area contributed by atoms with E-state index in [9.17, 15) is 14.4 Å². The van der Waals surface area contributed by atoms with Crippen molar-refractivity contribution in [1.29, 1.82) is 0 Å². The Kier molecular flexibility index (Phi) is 4.65. The number of amides is 4. The summed E-state index contributed by atoms with van der Waals surface area (Å²) in [6.45, 7) is -0.290. The van der Waals surface area contributed by atoms with Crippen LogP contribution < -0.4 is 10.1 Å². The van der Waals surface area contributed by atoms with Crippen LogP contribution in [0.1, 0.15) is 32.1 Å². The van der Waals surface area contributed by atoms with Crippen molar-refractivity contribution in [3.63, 3.8) is 0 Å². The van der Waals surface area contributed by atoms with Crippen molar-refractivity contribution in [3.8, 4) is 5.75 Å². The van der Waals surface area contributed by atoms with E-state index in [-0.39, 0.29) is 12.5 Å². The van der Waals surface area contributed by atoms with Crippen LogP contribution in [0, 0.1) is 0 Å². The fourth-order valence-electron chi connectivity index (χ4n) is 3.75. The monoisotopic (exact) mass is 345 g/mol. The van der Waals surface area contributed by atoms with Crippen LogP contribution in [0.3, 0.4) is 0 Å². The Balaban J connectivity index is 1.73. The SMILES string of the molecule is COc1ccccc1NC(=O)CN1C(=O)N(C)C2(CCCCC2)C1=O. The summed E-state index contributed by atoms with van der Waals surface area (Å²) in [5.41, 5.74) is -0.255. The highest BCUT2D eigenvalue weighted by atomic mass is 16.5. The number of benzene rings is 1. The zero-order valence-corrected chi connectivity index (χ0v) is 14.6. The van der Waals surface area contributed by atoms with Gasteiger partial charge in [-0.2, -0.15) is 0 Å². The molecule has 3 rings (SSSR count). The second-order valence-corrected chi connectivity index (χ2v) is 6.57. The van der Waals surface area contributed by atoms with E-state index >= 15 is 0 Å². The smallest absolute Gasteiger partial charge is 0.327 e. The zero-order chi connectivity index (χ0) is 18.0. The van der Waals surface area contributed by atoms with Gasteiger partial charge in [-0.15, -0.1) is 0 Å². The molecule has 1 heterocycles. The van der Waals surface area contributed by atoms with Gasteiger partial charge in [-0.3, -0.25) is 14.5 Å². The lowest BCUT2D eigenvalue weighted by Gasteiger charge is -2.35. The van der Waals surface area contributed by atoms with Crippen LogP contribution >= 0.6 is 0 Å². The van der Waals surface area contributed by atoms with E-state index in [1.54, 1.807) is 31.3 Å². The molecule has 1 N–H and O–H groups in total. The van der Waals surface area contributed by atoms with Gasteiger partial charge in [0.05, 0.1) is 12.8 Å². The molecule has 1 aromatic carbocycles. The number of anilines is 1. The molecule has 25 heavy (non-hydrogen) atoms. The molecular weight excluding hydrogens is 322 g/mol. The van der Waals surface area contributed by atoms with Gasteiger partial charge in [-0.25, -0.2) is 4.79 Å². The molecule has 2 fully saturated rings. The van der Waals surface area contributed by atoms with Crippen LogP contribution in [0.5, 0.6) is 5.75 Å². The summed E-state index contributed by atoms with van der Waals surface area (Å²) < 4.78 is 5.20. The van der Waals surface area contributed by atoms with Gasteiger partial charge in [-0.05, 0) is 25.0 Å². The van der Waals surface area contributed by atoms with Crippen LogP contribution in [-0.2, 0) is 9.59 Å². The van der Waals surface area contributed by atoms with E-state index < -0.39 is 17.5 Å². The minimum Gasteiger partial charge on any atom is -0.495 e. The average molecular weight is 345 g/mol. The molecule has 1 spiro atoms. The van der Waals surface area contributed by atoms with Gasteiger partial charge < -0.3 is 15.0 Å². The van der Waals surface area contributed by atoms with Crippen LogP contribution in [0.4, 0.5) is 10.5 Å². The maximum atomic E-state index is 12.9. The maximum Gasteiger partial charge on any atom is 0.327 e. The minimum absolute atomic E-state index is 0.255. The van der Waals surface area contributed by atoms with Gasteiger partial charge in [0.1, 0.15) is 17.8 Å². The van der Waals surface area contributed by atoms with Crippen molar-refractivity contribution in [2.45, 2.75) is 37.6 Å². The molecule has 134 valence electrons. The number of hydrogen-bond acceptors (Lipinski definition) is 4. The van der Waals surface area contributed by atoms with Crippen molar-refractivity contribution in [2.75, 3.05) is 26.0 Å². The topological polar surface area (TPSA) is 79.0 Å².